The number of likely N-dealkylation sites (tertiary alicyclic amines) is 1. The van der Waals surface area contributed by atoms with Crippen LogP contribution in [0.2, 0.25) is 0 Å². The molecule has 1 aliphatic heterocycles. The third-order valence-electron chi connectivity index (χ3n) is 6.62. The number of nitrogens with zero attached hydrogens (tertiary/aromatic N) is 2. The minimum atomic E-state index is 0. The molecule has 1 aliphatic carbocycles. The smallest absolute Gasteiger partial charge is 0.227 e. The number of hydrogen-bond acceptors (Lipinski definition) is 3. The highest BCUT2D eigenvalue weighted by Crippen LogP contribution is 2.29. The van der Waals surface area contributed by atoms with Gasteiger partial charge < -0.3 is 9.32 Å². The molecule has 0 radical (unpaired) electrons. The highest BCUT2D eigenvalue weighted by molar-refractivity contribution is 5.87. The summed E-state index contributed by atoms with van der Waals surface area (Å²) in [7, 11) is 2.03. The van der Waals surface area contributed by atoms with Crippen LogP contribution in [0.4, 0.5) is 0 Å². The van der Waals surface area contributed by atoms with Gasteiger partial charge in [0.15, 0.2) is 0 Å². The van der Waals surface area contributed by atoms with Crippen LogP contribution in [0, 0.1) is 0 Å². The number of amides is 1. The summed E-state index contributed by atoms with van der Waals surface area (Å²) in [6, 6.07) is 8.86. The van der Waals surface area contributed by atoms with Gasteiger partial charge in [0, 0.05) is 24.5 Å². The third kappa shape index (κ3) is 4.55. The first-order chi connectivity index (χ1) is 13.2. The van der Waals surface area contributed by atoms with Crippen LogP contribution >= 0.6 is 12.4 Å². The maximum atomic E-state index is 13.2. The van der Waals surface area contributed by atoms with Crippen LogP contribution in [0.5, 0.6) is 0 Å². The molecular weight excluding hydrogens is 372 g/mol. The summed E-state index contributed by atoms with van der Waals surface area (Å²) < 4.78 is 5.49. The molecule has 1 saturated heterocycles. The van der Waals surface area contributed by atoms with Crippen LogP contribution in [0.1, 0.15) is 56.9 Å². The molecule has 0 unspecified atom stereocenters. The van der Waals surface area contributed by atoms with Crippen LogP contribution in [0.3, 0.4) is 0 Å². The Kier molecular flexibility index (Phi) is 7.42. The Balaban J connectivity index is 0.00000225. The van der Waals surface area contributed by atoms with Crippen LogP contribution < -0.4 is 0 Å². The molecule has 1 aromatic carbocycles. The molecule has 28 heavy (non-hydrogen) atoms. The molecule has 0 bridgehead atoms. The maximum Gasteiger partial charge on any atom is 0.227 e. The van der Waals surface area contributed by atoms with Crippen LogP contribution in [0.25, 0.3) is 11.0 Å². The van der Waals surface area contributed by atoms with Gasteiger partial charge >= 0.3 is 0 Å². The minimum absolute atomic E-state index is 0. The second-order valence-electron chi connectivity index (χ2n) is 8.30. The van der Waals surface area contributed by atoms with Crippen molar-refractivity contribution in [3.63, 3.8) is 0 Å². The average Bonchev–Trinajstić information content (AvgIpc) is 3.02. The predicted octanol–water partition coefficient (Wildman–Crippen LogP) is 5.04. The summed E-state index contributed by atoms with van der Waals surface area (Å²) in [5.74, 6) is 0.232. The summed E-state index contributed by atoms with van der Waals surface area (Å²) in [5, 5.41) is 1.06. The largest absolute Gasteiger partial charge is 0.464 e. The molecule has 4 nitrogen and oxygen atoms in total. The van der Waals surface area contributed by atoms with Crippen molar-refractivity contribution in [1.29, 1.82) is 0 Å². The van der Waals surface area contributed by atoms with Crippen molar-refractivity contribution in [2.75, 3.05) is 20.1 Å². The highest BCUT2D eigenvalue weighted by atomic mass is 35.5. The topological polar surface area (TPSA) is 36.7 Å². The molecule has 2 heterocycles. The molecule has 1 amide bonds. The zero-order chi connectivity index (χ0) is 18.6. The second-order valence-corrected chi connectivity index (χ2v) is 8.30. The van der Waals surface area contributed by atoms with Crippen LogP contribution in [-0.4, -0.2) is 47.9 Å². The number of furan rings is 1. The van der Waals surface area contributed by atoms with Gasteiger partial charge in [-0.1, -0.05) is 37.8 Å². The van der Waals surface area contributed by atoms with E-state index in [-0.39, 0.29) is 18.3 Å². The van der Waals surface area contributed by atoms with E-state index in [9.17, 15) is 4.79 Å². The summed E-state index contributed by atoms with van der Waals surface area (Å²) in [4.78, 5) is 17.9. The predicted molar refractivity (Wildman–Crippen MR) is 116 cm³/mol. The number of carbonyl (C=O) groups is 1. The van der Waals surface area contributed by atoms with Gasteiger partial charge in [-0.15, -0.1) is 12.4 Å². The van der Waals surface area contributed by atoms with Crippen molar-refractivity contribution >= 4 is 29.3 Å². The standard InChI is InChI=1S/C23H32N2O2.ClH/c1-24(23(26)17-18-9-8-12-22-19(18)13-16-27-22)20-10-4-5-11-21(20)25-14-6-2-3-7-15-25;/h8-9,12-13,16,20-21H,2-7,10-11,14-15,17H2,1H3;1H/t20-,21-;/m1./s1. The summed E-state index contributed by atoms with van der Waals surface area (Å²) in [5.41, 5.74) is 1.93. The maximum absolute atomic E-state index is 13.2. The van der Waals surface area contributed by atoms with E-state index in [1.807, 2.05) is 25.2 Å². The van der Waals surface area contributed by atoms with E-state index in [0.717, 1.165) is 23.0 Å². The first kappa shape index (κ1) is 21.2. The Morgan fingerprint density at radius 3 is 2.61 bits per heavy atom. The van der Waals surface area contributed by atoms with Crippen LogP contribution in [-0.2, 0) is 11.2 Å². The van der Waals surface area contributed by atoms with Crippen molar-refractivity contribution in [2.45, 2.75) is 69.9 Å². The van der Waals surface area contributed by atoms with Gasteiger partial charge in [0.05, 0.1) is 12.7 Å². The van der Waals surface area contributed by atoms with E-state index in [0.29, 0.717) is 18.5 Å². The van der Waals surface area contributed by atoms with E-state index >= 15 is 0 Å². The molecule has 2 aliphatic rings. The average molecular weight is 405 g/mol. The Bertz CT molecular complexity index is 767. The number of rotatable bonds is 4. The quantitative estimate of drug-likeness (QED) is 0.716. The summed E-state index contributed by atoms with van der Waals surface area (Å²) in [6.45, 7) is 2.41. The van der Waals surface area contributed by atoms with Crippen molar-refractivity contribution < 1.29 is 9.21 Å². The number of carbonyl (C=O) groups excluding carboxylic acids is 1. The second kappa shape index (κ2) is 9.80. The molecule has 1 saturated carbocycles. The van der Waals surface area contributed by atoms with Gasteiger partial charge in [-0.3, -0.25) is 9.69 Å². The fourth-order valence-electron chi connectivity index (χ4n) is 5.08. The lowest BCUT2D eigenvalue weighted by molar-refractivity contribution is -0.133. The van der Waals surface area contributed by atoms with E-state index in [2.05, 4.69) is 15.9 Å². The van der Waals surface area contributed by atoms with Gasteiger partial charge in [-0.25, -0.2) is 0 Å². The number of benzene rings is 1. The minimum Gasteiger partial charge on any atom is -0.464 e. The van der Waals surface area contributed by atoms with E-state index in [1.54, 1.807) is 6.26 Å². The molecule has 2 atom stereocenters. The Hall–Kier alpha value is -1.52. The summed E-state index contributed by atoms with van der Waals surface area (Å²) >= 11 is 0. The lowest BCUT2D eigenvalue weighted by atomic mass is 9.87. The van der Waals surface area contributed by atoms with Gasteiger partial charge in [-0.05, 0) is 56.5 Å². The van der Waals surface area contributed by atoms with Gasteiger partial charge in [-0.2, -0.15) is 0 Å². The van der Waals surface area contributed by atoms with Crippen molar-refractivity contribution in [2.24, 2.45) is 0 Å². The fraction of sp³-hybridized carbons (Fsp3) is 0.609. The lowest BCUT2D eigenvalue weighted by Gasteiger charge is -2.43. The zero-order valence-corrected chi connectivity index (χ0v) is 17.8. The molecule has 2 aromatic rings. The van der Waals surface area contributed by atoms with Gasteiger partial charge in [0.1, 0.15) is 5.58 Å². The van der Waals surface area contributed by atoms with Crippen molar-refractivity contribution in [1.82, 2.24) is 9.80 Å². The molecule has 154 valence electrons. The molecule has 1 aromatic heterocycles. The lowest BCUT2D eigenvalue weighted by Crippen LogP contribution is -2.54. The first-order valence-corrected chi connectivity index (χ1v) is 10.7. The molecule has 5 heteroatoms. The Morgan fingerprint density at radius 2 is 1.82 bits per heavy atom. The van der Waals surface area contributed by atoms with E-state index < -0.39 is 0 Å². The SMILES string of the molecule is CN(C(=O)Cc1cccc2occc12)[C@@H]1CCCC[C@H]1N1CCCCCC1.Cl. The number of likely N-dealkylation sites (N-methyl/N-ethyl adjacent to an activating group) is 1. The Labute approximate surface area is 174 Å². The van der Waals surface area contributed by atoms with E-state index in [1.165, 1.54) is 58.0 Å². The van der Waals surface area contributed by atoms with E-state index in [4.69, 9.17) is 4.42 Å². The molecule has 2 fully saturated rings. The molecular formula is C23H33ClN2O2. The number of fused-ring (bicyclic) bond motifs is 1. The van der Waals surface area contributed by atoms with Gasteiger partial charge in [0.25, 0.3) is 0 Å². The highest BCUT2D eigenvalue weighted by Gasteiger charge is 2.34. The monoisotopic (exact) mass is 404 g/mol. The molecule has 0 N–H and O–H groups in total. The van der Waals surface area contributed by atoms with Gasteiger partial charge in [0.2, 0.25) is 5.91 Å². The molecule has 4 rings (SSSR count). The van der Waals surface area contributed by atoms with Crippen molar-refractivity contribution in [3.8, 4) is 0 Å². The first-order valence-electron chi connectivity index (χ1n) is 10.7. The number of hydrogen-bond donors (Lipinski definition) is 0. The Morgan fingerprint density at radius 1 is 1.07 bits per heavy atom. The molecule has 0 spiro atoms. The normalized spacial score (nSPS) is 23.8. The van der Waals surface area contributed by atoms with Crippen molar-refractivity contribution in [3.05, 3.63) is 36.1 Å². The third-order valence-corrected chi connectivity index (χ3v) is 6.62. The fourth-order valence-corrected chi connectivity index (χ4v) is 5.08. The zero-order valence-electron chi connectivity index (χ0n) is 16.9. The number of halogens is 1. The van der Waals surface area contributed by atoms with Crippen LogP contribution in [0.15, 0.2) is 34.9 Å². The summed E-state index contributed by atoms with van der Waals surface area (Å²) in [6.07, 6.45) is 12.4.